The van der Waals surface area contributed by atoms with E-state index in [1.54, 1.807) is 10.8 Å². The van der Waals surface area contributed by atoms with Crippen LogP contribution in [-0.2, 0) is 17.5 Å². The highest BCUT2D eigenvalue weighted by atomic mass is 35.5. The molecule has 2 heterocycles. The number of nitrogens with zero attached hydrogens (tertiary/aromatic N) is 3. The van der Waals surface area contributed by atoms with Crippen LogP contribution in [0.1, 0.15) is 21.6 Å². The third kappa shape index (κ3) is 5.24. The summed E-state index contributed by atoms with van der Waals surface area (Å²) in [7, 11) is 0. The average Bonchev–Trinajstić information content (AvgIpc) is 3.06. The molecule has 0 saturated carbocycles. The molecule has 1 aliphatic heterocycles. The molecule has 0 spiro atoms. The predicted molar refractivity (Wildman–Crippen MR) is 94.5 cm³/mol. The summed E-state index contributed by atoms with van der Waals surface area (Å²) >= 11 is 5.32. The second-order valence-electron chi connectivity index (χ2n) is 5.46. The van der Waals surface area contributed by atoms with Crippen molar-refractivity contribution in [1.82, 2.24) is 9.47 Å². The molecule has 2 N–H and O–H groups in total. The maximum atomic E-state index is 12.2. The highest BCUT2D eigenvalue weighted by Crippen LogP contribution is 2.36. The number of carboxylic acids is 1. The van der Waals surface area contributed by atoms with E-state index in [0.717, 1.165) is 17.0 Å². The van der Waals surface area contributed by atoms with Crippen molar-refractivity contribution in [2.24, 2.45) is 4.99 Å². The molecule has 0 saturated heterocycles. The molecular weight excluding hydrogens is 419 g/mol. The molecule has 0 aliphatic carbocycles. The molecule has 29 heavy (non-hydrogen) atoms. The smallest absolute Gasteiger partial charge is 0.417 e. The van der Waals surface area contributed by atoms with Gasteiger partial charge in [0.2, 0.25) is 6.08 Å². The van der Waals surface area contributed by atoms with Crippen LogP contribution in [0.4, 0.5) is 23.7 Å². The summed E-state index contributed by atoms with van der Waals surface area (Å²) in [5.74, 6) is -1.05. The Bertz CT molecular complexity index is 1030. The van der Waals surface area contributed by atoms with Crippen molar-refractivity contribution >= 4 is 41.6 Å². The average molecular weight is 430 g/mol. The van der Waals surface area contributed by atoms with Crippen LogP contribution in [-0.4, -0.2) is 37.8 Å². The van der Waals surface area contributed by atoms with Gasteiger partial charge in [0.05, 0.1) is 34.1 Å². The lowest BCUT2D eigenvalue weighted by atomic mass is 10.2. The van der Waals surface area contributed by atoms with Gasteiger partial charge in [-0.2, -0.15) is 18.2 Å². The normalized spacial score (nSPS) is 12.3. The molecule has 1 aliphatic rings. The van der Waals surface area contributed by atoms with E-state index in [9.17, 15) is 27.6 Å². The first-order valence-electron chi connectivity index (χ1n) is 7.60. The fourth-order valence-corrected chi connectivity index (χ4v) is 2.56. The highest BCUT2D eigenvalue weighted by molar-refractivity contribution is 6.31. The van der Waals surface area contributed by atoms with Crippen molar-refractivity contribution in [2.75, 3.05) is 0 Å². The topological polar surface area (TPSA) is 112 Å². The summed E-state index contributed by atoms with van der Waals surface area (Å²) in [5.41, 5.74) is -0.551. The molecule has 0 fully saturated rings. The Morgan fingerprint density at radius 2 is 1.86 bits per heavy atom. The van der Waals surface area contributed by atoms with Gasteiger partial charge in [0.1, 0.15) is 0 Å². The molecule has 0 atom stereocenters. The Hall–Kier alpha value is -3.56. The number of hydrogen-bond donors (Lipinski definition) is 2. The van der Waals surface area contributed by atoms with Crippen LogP contribution in [0.25, 0.3) is 6.20 Å². The third-order valence-electron chi connectivity index (χ3n) is 3.66. The number of benzene rings is 1. The lowest BCUT2D eigenvalue weighted by Gasteiger charge is -2.20. The molecular formula is C17H11ClF3N3O5. The highest BCUT2D eigenvalue weighted by Gasteiger charge is 2.33. The monoisotopic (exact) mass is 429 g/mol. The van der Waals surface area contributed by atoms with Crippen LogP contribution in [0, 0.1) is 0 Å². The van der Waals surface area contributed by atoms with Gasteiger partial charge in [0.15, 0.2) is 0 Å². The maximum Gasteiger partial charge on any atom is 0.417 e. The van der Waals surface area contributed by atoms with Crippen LogP contribution in [0.15, 0.2) is 41.7 Å². The molecule has 12 heteroatoms. The van der Waals surface area contributed by atoms with Crippen molar-refractivity contribution in [1.29, 1.82) is 0 Å². The lowest BCUT2D eigenvalue weighted by molar-refractivity contribution is -0.137. The summed E-state index contributed by atoms with van der Waals surface area (Å²) in [4.78, 5) is 35.4. The SMILES string of the molecule is O=C(O)c1ccn2c1CN(C(=O)O)C=C2.O=C=Nc1ccc(Cl)c(C(F)(F)F)c1. The fraction of sp³-hybridized carbons (Fsp3) is 0.118. The van der Waals surface area contributed by atoms with E-state index in [1.807, 2.05) is 0 Å². The van der Waals surface area contributed by atoms with E-state index in [-0.39, 0.29) is 17.8 Å². The standard InChI is InChI=1S/C9H8N2O4.C8H3ClF3NO/c12-8(13)6-1-2-10-3-4-11(9(14)15)5-7(6)10;9-7-2-1-5(13-4-14)3-6(7)8(10,11)12/h1-4H,5H2,(H,12,13)(H,14,15);1-3H. The molecule has 3 rings (SSSR count). The van der Waals surface area contributed by atoms with Crippen LogP contribution >= 0.6 is 11.6 Å². The second kappa shape index (κ2) is 8.63. The van der Waals surface area contributed by atoms with Crippen LogP contribution in [0.2, 0.25) is 5.02 Å². The van der Waals surface area contributed by atoms with Gasteiger partial charge >= 0.3 is 18.2 Å². The van der Waals surface area contributed by atoms with E-state index < -0.39 is 28.8 Å². The number of aliphatic imine (C=N–C) groups is 1. The number of rotatable bonds is 2. The molecule has 2 aromatic rings. The minimum atomic E-state index is -4.55. The molecule has 0 unspecified atom stereocenters. The first-order valence-corrected chi connectivity index (χ1v) is 7.98. The Morgan fingerprint density at radius 3 is 2.41 bits per heavy atom. The Kier molecular flexibility index (Phi) is 6.47. The summed E-state index contributed by atoms with van der Waals surface area (Å²) in [6.07, 6.45) is -0.0104. The Morgan fingerprint density at radius 1 is 1.17 bits per heavy atom. The molecule has 0 bridgehead atoms. The number of amides is 1. The van der Waals surface area contributed by atoms with Gasteiger partial charge in [-0.05, 0) is 24.3 Å². The van der Waals surface area contributed by atoms with Gasteiger partial charge in [-0.25, -0.2) is 14.4 Å². The summed E-state index contributed by atoms with van der Waals surface area (Å²) in [5, 5.41) is 17.2. The number of alkyl halides is 3. The number of carbonyl (C=O) groups is 2. The Labute approximate surface area is 165 Å². The van der Waals surface area contributed by atoms with E-state index >= 15 is 0 Å². The first-order chi connectivity index (χ1) is 13.5. The number of hydrogen-bond acceptors (Lipinski definition) is 4. The summed E-state index contributed by atoms with van der Waals surface area (Å²) in [6, 6.07) is 4.36. The predicted octanol–water partition coefficient (Wildman–Crippen LogP) is 4.43. The number of aromatic nitrogens is 1. The minimum absolute atomic E-state index is 0.0560. The zero-order chi connectivity index (χ0) is 21.8. The van der Waals surface area contributed by atoms with Crippen molar-refractivity contribution in [3.8, 4) is 0 Å². The number of halogens is 4. The number of carboxylic acid groups (broad SMARTS) is 2. The zero-order valence-electron chi connectivity index (χ0n) is 14.2. The Balaban J connectivity index is 0.000000208. The van der Waals surface area contributed by atoms with E-state index in [2.05, 4.69) is 4.99 Å². The van der Waals surface area contributed by atoms with Crippen molar-refractivity contribution in [3.05, 3.63) is 58.5 Å². The largest absolute Gasteiger partial charge is 0.478 e. The van der Waals surface area contributed by atoms with Gasteiger partial charge in [0, 0.05) is 18.6 Å². The maximum absolute atomic E-state index is 12.2. The minimum Gasteiger partial charge on any atom is -0.478 e. The van der Waals surface area contributed by atoms with Crippen molar-refractivity contribution in [3.63, 3.8) is 0 Å². The fourth-order valence-electron chi connectivity index (χ4n) is 2.33. The molecule has 1 amide bonds. The van der Waals surface area contributed by atoms with Gasteiger partial charge in [0.25, 0.3) is 0 Å². The van der Waals surface area contributed by atoms with Crippen LogP contribution < -0.4 is 0 Å². The van der Waals surface area contributed by atoms with Gasteiger partial charge in [-0.1, -0.05) is 11.6 Å². The first kappa shape index (κ1) is 21.7. The second-order valence-corrected chi connectivity index (χ2v) is 5.87. The molecule has 0 radical (unpaired) electrons. The molecule has 152 valence electrons. The molecule has 1 aromatic heterocycles. The van der Waals surface area contributed by atoms with Gasteiger partial charge in [-0.15, -0.1) is 0 Å². The lowest BCUT2D eigenvalue weighted by Crippen LogP contribution is -2.27. The van der Waals surface area contributed by atoms with Crippen molar-refractivity contribution in [2.45, 2.75) is 12.7 Å². The van der Waals surface area contributed by atoms with E-state index in [1.165, 1.54) is 24.5 Å². The molecule has 1 aromatic carbocycles. The number of carbonyl (C=O) groups excluding carboxylic acids is 1. The van der Waals surface area contributed by atoms with Crippen LogP contribution in [0.3, 0.4) is 0 Å². The zero-order valence-corrected chi connectivity index (χ0v) is 15.0. The number of aromatic carboxylic acids is 1. The summed E-state index contributed by atoms with van der Waals surface area (Å²) in [6.45, 7) is 0.0560. The van der Waals surface area contributed by atoms with E-state index in [0.29, 0.717) is 11.8 Å². The van der Waals surface area contributed by atoms with E-state index in [4.69, 9.17) is 21.8 Å². The van der Waals surface area contributed by atoms with Gasteiger partial charge in [-0.3, -0.25) is 4.90 Å². The third-order valence-corrected chi connectivity index (χ3v) is 3.99. The number of fused-ring (bicyclic) bond motifs is 1. The summed E-state index contributed by atoms with van der Waals surface area (Å²) < 4.78 is 38.3. The number of isocyanates is 1. The van der Waals surface area contributed by atoms with Crippen LogP contribution in [0.5, 0.6) is 0 Å². The van der Waals surface area contributed by atoms with Crippen molar-refractivity contribution < 1.29 is 37.8 Å². The quantitative estimate of drug-likeness (QED) is 0.541. The molecule has 8 nitrogen and oxygen atoms in total. The van der Waals surface area contributed by atoms with Gasteiger partial charge < -0.3 is 14.8 Å².